The van der Waals surface area contributed by atoms with Gasteiger partial charge in [0.05, 0.1) is 11.1 Å². The van der Waals surface area contributed by atoms with Crippen LogP contribution in [-0.2, 0) is 5.33 Å². The van der Waals surface area contributed by atoms with Crippen LogP contribution in [0, 0.1) is 6.92 Å². The quantitative estimate of drug-likeness (QED) is 0.220. The van der Waals surface area contributed by atoms with Crippen molar-refractivity contribution in [2.24, 2.45) is 4.30 Å². The molecule has 0 aliphatic carbocycles. The Morgan fingerprint density at radius 2 is 1.41 bits per heavy atom. The molecule has 1 radical (unpaired) electrons. The number of aryl methyl sites for hydroxylation is 1. The van der Waals surface area contributed by atoms with E-state index < -0.39 is 15.2 Å². The van der Waals surface area contributed by atoms with Gasteiger partial charge in [-0.25, -0.2) is 9.59 Å². The number of carbonyl (C=O) groups is 2. The van der Waals surface area contributed by atoms with E-state index >= 15 is 0 Å². The Bertz CT molecular complexity index is 788. The van der Waals surface area contributed by atoms with Crippen molar-refractivity contribution in [3.05, 3.63) is 70.8 Å². The fraction of sp³-hybridized carbons (Fsp3) is 0.176. The minimum absolute atomic E-state index is 0.335. The van der Waals surface area contributed by atoms with Gasteiger partial charge in [-0.2, -0.15) is 0 Å². The molecule has 0 amide bonds. The number of carboxylic acid groups (broad SMARTS) is 2. The fourth-order valence-electron chi connectivity index (χ4n) is 1.57. The Morgan fingerprint density at radius 1 is 1.03 bits per heavy atom. The Labute approximate surface area is 204 Å². The number of nitrogens with zero attached hydrogens (tertiary/aromatic N) is 1. The molecule has 29 heavy (non-hydrogen) atoms. The van der Waals surface area contributed by atoms with Crippen molar-refractivity contribution in [3.8, 4) is 0 Å². The average Bonchev–Trinajstić information content (AvgIpc) is 2.61. The third kappa shape index (κ3) is 20.3. The number of rotatable bonds is 3. The van der Waals surface area contributed by atoms with Crippen LogP contribution in [0.25, 0.3) is 0 Å². The van der Waals surface area contributed by atoms with Gasteiger partial charge in [0.1, 0.15) is 0 Å². The van der Waals surface area contributed by atoms with Crippen molar-refractivity contribution >= 4 is 94.7 Å². The van der Waals surface area contributed by atoms with Gasteiger partial charge in [0.15, 0.2) is 0 Å². The van der Waals surface area contributed by atoms with E-state index in [1.54, 1.807) is 36.4 Å². The minimum atomic E-state index is -1.61. The van der Waals surface area contributed by atoms with Crippen LogP contribution < -0.4 is 0 Å². The van der Waals surface area contributed by atoms with Crippen LogP contribution in [0.15, 0.2) is 52.8 Å². The van der Waals surface area contributed by atoms with Gasteiger partial charge in [0.25, 0.3) is 3.25 Å². The zero-order valence-electron chi connectivity index (χ0n) is 14.9. The van der Waals surface area contributed by atoms with Crippen molar-refractivity contribution in [2.45, 2.75) is 15.5 Å². The summed E-state index contributed by atoms with van der Waals surface area (Å²) in [6.07, 6.45) is 0. The van der Waals surface area contributed by atoms with Gasteiger partial charge in [0.2, 0.25) is 0 Å². The first-order valence-corrected chi connectivity index (χ1v) is 10.4. The second kappa shape index (κ2) is 17.0. The van der Waals surface area contributed by atoms with Gasteiger partial charge in [-0.1, -0.05) is 92.2 Å². The van der Waals surface area contributed by atoms with Gasteiger partial charge in [-0.05, 0) is 36.8 Å². The summed E-state index contributed by atoms with van der Waals surface area (Å²) >= 11 is 25.7. The van der Waals surface area contributed by atoms with Crippen LogP contribution >= 0.6 is 75.1 Å². The maximum atomic E-state index is 10.5. The molecule has 0 atom stereocenters. The second-order valence-corrected chi connectivity index (χ2v) is 9.08. The summed E-state index contributed by atoms with van der Waals surface area (Å²) in [7, 11) is 4.34. The van der Waals surface area contributed by atoms with Crippen molar-refractivity contribution in [2.75, 3.05) is 0 Å². The second-order valence-electron chi connectivity index (χ2n) is 4.86. The molecule has 0 heterocycles. The molecule has 2 aromatic rings. The van der Waals surface area contributed by atoms with Gasteiger partial charge in [0, 0.05) is 5.33 Å². The normalized spacial score (nSPS) is 9.31. The van der Waals surface area contributed by atoms with Crippen LogP contribution in [0.3, 0.4) is 0 Å². The maximum absolute atomic E-state index is 10.5. The number of carboxylic acids is 2. The van der Waals surface area contributed by atoms with E-state index in [1.807, 2.05) is 19.1 Å². The van der Waals surface area contributed by atoms with Crippen molar-refractivity contribution in [1.82, 2.24) is 0 Å². The SMILES string of the molecule is Cc1cccc(C(=O)O)c1.ClC(Cl)(Cl)Cl.O=C(O)c1cccc(CBr)c1.[B]=NS. The average molecular weight is 563 g/mol. The molecule has 2 aromatic carbocycles. The number of hydrogen-bond acceptors (Lipinski definition) is 4. The molecule has 0 saturated carbocycles. The number of halogens is 5. The Balaban J connectivity index is 0. The van der Waals surface area contributed by atoms with E-state index in [1.165, 1.54) is 0 Å². The Hall–Kier alpha value is -0.765. The van der Waals surface area contributed by atoms with E-state index in [0.717, 1.165) is 11.1 Å². The van der Waals surface area contributed by atoms with Crippen LogP contribution in [0.4, 0.5) is 0 Å². The summed E-state index contributed by atoms with van der Waals surface area (Å²) in [5.41, 5.74) is 2.63. The zero-order valence-corrected chi connectivity index (χ0v) is 20.4. The van der Waals surface area contributed by atoms with E-state index in [4.69, 9.17) is 56.6 Å². The first-order chi connectivity index (χ1) is 13.3. The monoisotopic (exact) mass is 560 g/mol. The third-order valence-corrected chi connectivity index (χ3v) is 3.24. The summed E-state index contributed by atoms with van der Waals surface area (Å²) in [4.78, 5) is 20.8. The molecule has 0 aliphatic rings. The standard InChI is InChI=1S/C8H7BrO2.C8H8O2.CCl4.BHNS/c9-5-6-2-1-3-7(4-6)8(10)11;1-6-3-2-4-7(5-6)8(9)10;2-1(3,4)5;1-2-3/h1-4H,5H2,(H,10,11);2-5H,1H3,(H,9,10);;3H. The zero-order chi connectivity index (χ0) is 23.0. The van der Waals surface area contributed by atoms with Gasteiger partial charge >= 0.3 is 36.7 Å². The first kappa shape index (κ1) is 30.4. The number of thiol groups is 1. The summed E-state index contributed by atoms with van der Waals surface area (Å²) in [5.74, 6) is -1.75. The van der Waals surface area contributed by atoms with Crippen molar-refractivity contribution in [3.63, 3.8) is 0 Å². The summed E-state index contributed by atoms with van der Waals surface area (Å²) in [6.45, 7) is 1.87. The molecule has 5 nitrogen and oxygen atoms in total. The molecule has 2 rings (SSSR count). The predicted octanol–water partition coefficient (Wildman–Crippen LogP) is 6.71. The molecule has 0 saturated heterocycles. The van der Waals surface area contributed by atoms with Crippen molar-refractivity contribution in [1.29, 1.82) is 0 Å². The van der Waals surface area contributed by atoms with E-state index in [0.29, 0.717) is 16.5 Å². The van der Waals surface area contributed by atoms with E-state index in [2.05, 4.69) is 40.7 Å². The molecule has 12 heteroatoms. The van der Waals surface area contributed by atoms with E-state index in [9.17, 15) is 9.59 Å². The molecular weight excluding hydrogens is 547 g/mol. The number of benzene rings is 2. The summed E-state index contributed by atoms with van der Waals surface area (Å²) < 4.78 is 1.08. The predicted molar refractivity (Wildman–Crippen MR) is 127 cm³/mol. The number of hydrogen-bond donors (Lipinski definition) is 3. The topological polar surface area (TPSA) is 87.0 Å². The molecular formula is C17H16BBrCl4NO4S. The molecule has 0 spiro atoms. The van der Waals surface area contributed by atoms with Crippen LogP contribution in [0.2, 0.25) is 0 Å². The molecule has 2 N–H and O–H groups in total. The van der Waals surface area contributed by atoms with Gasteiger partial charge in [-0.15, -0.1) is 0 Å². The molecule has 0 fully saturated rings. The summed E-state index contributed by atoms with van der Waals surface area (Å²) in [6, 6.07) is 13.7. The number of alkyl halides is 5. The molecule has 0 aliphatic heterocycles. The molecule has 157 valence electrons. The van der Waals surface area contributed by atoms with Gasteiger partial charge in [-0.3, -0.25) is 0 Å². The fourth-order valence-corrected chi connectivity index (χ4v) is 1.91. The first-order valence-electron chi connectivity index (χ1n) is 7.33. The van der Waals surface area contributed by atoms with Crippen molar-refractivity contribution < 1.29 is 19.8 Å². The van der Waals surface area contributed by atoms with Crippen LogP contribution in [0.1, 0.15) is 31.8 Å². The van der Waals surface area contributed by atoms with Crippen LogP contribution in [0.5, 0.6) is 0 Å². The van der Waals surface area contributed by atoms with Crippen LogP contribution in [-0.4, -0.2) is 33.0 Å². The Kier molecular flexibility index (Phi) is 17.8. The van der Waals surface area contributed by atoms with E-state index in [-0.39, 0.29) is 0 Å². The molecule has 0 aromatic heterocycles. The molecule has 0 bridgehead atoms. The third-order valence-electron chi connectivity index (χ3n) is 2.59. The summed E-state index contributed by atoms with van der Waals surface area (Å²) in [5, 5.41) is 17.8. The van der Waals surface area contributed by atoms with Gasteiger partial charge < -0.3 is 10.2 Å². The Morgan fingerprint density at radius 3 is 1.72 bits per heavy atom. The number of aromatic carboxylic acids is 2. The molecule has 0 unspecified atom stereocenters.